The van der Waals surface area contributed by atoms with Crippen LogP contribution in [-0.2, 0) is 4.74 Å². The van der Waals surface area contributed by atoms with E-state index in [1.54, 1.807) is 13.1 Å². The lowest BCUT2D eigenvalue weighted by Crippen LogP contribution is -2.24. The van der Waals surface area contributed by atoms with Crippen molar-refractivity contribution in [3.63, 3.8) is 0 Å². The van der Waals surface area contributed by atoms with Crippen molar-refractivity contribution in [2.24, 2.45) is 0 Å². The maximum absolute atomic E-state index is 12.0. The molecule has 6 heteroatoms. The number of ether oxygens (including phenoxy) is 1. The lowest BCUT2D eigenvalue weighted by molar-refractivity contribution is 0.0590. The molecule has 5 nitrogen and oxygen atoms in total. The summed E-state index contributed by atoms with van der Waals surface area (Å²) in [4.78, 5) is 23.6. The maximum atomic E-state index is 12.0. The summed E-state index contributed by atoms with van der Waals surface area (Å²) in [6.45, 7) is 5.58. The molecule has 0 bridgehead atoms. The first kappa shape index (κ1) is 15.4. The molecule has 0 radical (unpaired) electrons. The molecule has 2 aromatic rings. The van der Waals surface area contributed by atoms with Crippen molar-refractivity contribution in [3.05, 3.63) is 55.4 Å². The highest BCUT2D eigenvalue weighted by Crippen LogP contribution is 2.24. The van der Waals surface area contributed by atoms with Gasteiger partial charge in [0.15, 0.2) is 0 Å². The second-order valence-corrected chi connectivity index (χ2v) is 5.61. The fraction of sp³-hybridized carbons (Fsp3) is 0.267. The van der Waals surface area contributed by atoms with E-state index in [0.29, 0.717) is 5.56 Å². The number of benzene rings is 1. The zero-order valence-electron chi connectivity index (χ0n) is 12.2. The van der Waals surface area contributed by atoms with Crippen LogP contribution >= 0.6 is 15.9 Å². The number of methoxy groups -OCH3 is 1. The second kappa shape index (κ2) is 5.81. The van der Waals surface area contributed by atoms with Crippen molar-refractivity contribution in [2.45, 2.75) is 20.8 Å². The van der Waals surface area contributed by atoms with Gasteiger partial charge in [-0.05, 0) is 44.0 Å². The fourth-order valence-corrected chi connectivity index (χ4v) is 2.26. The topological polar surface area (TPSA) is 61.2 Å². The van der Waals surface area contributed by atoms with Gasteiger partial charge in [-0.25, -0.2) is 9.48 Å². The van der Waals surface area contributed by atoms with Crippen LogP contribution in [0.5, 0.6) is 0 Å². The van der Waals surface area contributed by atoms with Crippen molar-refractivity contribution in [2.75, 3.05) is 7.11 Å². The quantitative estimate of drug-likeness (QED) is 0.781. The van der Waals surface area contributed by atoms with Gasteiger partial charge in [-0.15, -0.1) is 0 Å². The van der Waals surface area contributed by atoms with E-state index in [-0.39, 0.29) is 5.69 Å². The summed E-state index contributed by atoms with van der Waals surface area (Å²) >= 11 is 3.51. The van der Waals surface area contributed by atoms with Gasteiger partial charge >= 0.3 is 5.97 Å². The number of nitrogens with zero attached hydrogens (tertiary/aromatic N) is 2. The normalized spacial score (nSPS) is 10.5. The van der Waals surface area contributed by atoms with Gasteiger partial charge in [0.1, 0.15) is 0 Å². The highest BCUT2D eigenvalue weighted by Gasteiger charge is 2.16. The number of carbonyl (C=O) groups is 1. The molecule has 1 heterocycles. The second-order valence-electron chi connectivity index (χ2n) is 4.82. The number of aryl methyl sites for hydroxylation is 3. The smallest absolute Gasteiger partial charge is 0.362 e. The molecule has 0 saturated carbocycles. The van der Waals surface area contributed by atoms with E-state index in [2.05, 4.69) is 25.8 Å². The molecular weight excluding hydrogens is 336 g/mol. The van der Waals surface area contributed by atoms with Crippen LogP contribution in [0.3, 0.4) is 0 Å². The van der Waals surface area contributed by atoms with Crippen LogP contribution in [0.15, 0.2) is 27.6 Å². The molecule has 21 heavy (non-hydrogen) atoms. The van der Waals surface area contributed by atoms with E-state index in [4.69, 9.17) is 0 Å². The highest BCUT2D eigenvalue weighted by molar-refractivity contribution is 9.10. The summed E-state index contributed by atoms with van der Waals surface area (Å²) in [6, 6.07) is 3.85. The Bertz CT molecular complexity index is 758. The molecule has 0 aliphatic heterocycles. The van der Waals surface area contributed by atoms with Crippen LogP contribution < -0.4 is 5.43 Å². The molecule has 0 unspecified atom stereocenters. The molecule has 0 saturated heterocycles. The van der Waals surface area contributed by atoms with Crippen molar-refractivity contribution in [3.8, 4) is 5.69 Å². The molecule has 0 aliphatic carbocycles. The van der Waals surface area contributed by atoms with Crippen molar-refractivity contribution < 1.29 is 9.53 Å². The van der Waals surface area contributed by atoms with E-state index < -0.39 is 11.4 Å². The number of hydrogen-bond donors (Lipinski definition) is 0. The first-order valence-corrected chi connectivity index (χ1v) is 7.10. The van der Waals surface area contributed by atoms with E-state index in [1.165, 1.54) is 11.8 Å². The minimum Gasteiger partial charge on any atom is -0.464 e. The molecular formula is C15H15BrN2O3. The van der Waals surface area contributed by atoms with Gasteiger partial charge in [0.25, 0.3) is 0 Å². The molecule has 0 aliphatic rings. The third-order valence-corrected chi connectivity index (χ3v) is 4.41. The van der Waals surface area contributed by atoms with E-state index in [1.807, 2.05) is 26.0 Å². The summed E-state index contributed by atoms with van der Waals surface area (Å²) in [7, 11) is 1.23. The Balaban J connectivity index is 2.68. The van der Waals surface area contributed by atoms with Crippen LogP contribution in [0, 0.1) is 20.8 Å². The summed E-state index contributed by atoms with van der Waals surface area (Å²) in [5, 5.41) is 4.10. The minimum absolute atomic E-state index is 0.212. The lowest BCUT2D eigenvalue weighted by atomic mass is 10.1. The zero-order valence-corrected chi connectivity index (χ0v) is 13.8. The summed E-state index contributed by atoms with van der Waals surface area (Å²) in [5.41, 5.74) is 2.68. The van der Waals surface area contributed by atoms with Gasteiger partial charge in [-0.1, -0.05) is 15.9 Å². The first-order chi connectivity index (χ1) is 9.85. The molecule has 110 valence electrons. The van der Waals surface area contributed by atoms with Crippen LogP contribution in [-0.4, -0.2) is 22.9 Å². The first-order valence-electron chi connectivity index (χ1n) is 6.31. The maximum Gasteiger partial charge on any atom is 0.362 e. The van der Waals surface area contributed by atoms with E-state index in [9.17, 15) is 9.59 Å². The average molecular weight is 351 g/mol. The SMILES string of the molecule is COC(=O)c1nn(-c2cc(C)c(Br)c(C)c2)cc(C)c1=O. The Kier molecular flexibility index (Phi) is 4.27. The minimum atomic E-state index is -0.733. The lowest BCUT2D eigenvalue weighted by Gasteiger charge is -2.11. The van der Waals surface area contributed by atoms with Gasteiger partial charge in [0.2, 0.25) is 11.1 Å². The van der Waals surface area contributed by atoms with Gasteiger partial charge in [0, 0.05) is 16.2 Å². The molecule has 0 N–H and O–H groups in total. The summed E-state index contributed by atoms with van der Waals surface area (Å²) < 4.78 is 7.16. The van der Waals surface area contributed by atoms with Crippen molar-refractivity contribution in [1.82, 2.24) is 9.78 Å². The molecule has 0 fully saturated rings. The Hall–Kier alpha value is -1.95. The van der Waals surface area contributed by atoms with Crippen molar-refractivity contribution in [1.29, 1.82) is 0 Å². The molecule has 0 amide bonds. The van der Waals surface area contributed by atoms with E-state index in [0.717, 1.165) is 21.3 Å². The Labute approximate surface area is 130 Å². The number of aromatic nitrogens is 2. The third-order valence-electron chi connectivity index (χ3n) is 3.16. The van der Waals surface area contributed by atoms with Crippen LogP contribution in [0.4, 0.5) is 0 Å². The molecule has 1 aromatic heterocycles. The monoisotopic (exact) mass is 350 g/mol. The number of hydrogen-bond acceptors (Lipinski definition) is 4. The van der Waals surface area contributed by atoms with Gasteiger partial charge < -0.3 is 4.74 Å². The number of carbonyl (C=O) groups excluding carboxylic acids is 1. The Morgan fingerprint density at radius 2 is 1.76 bits per heavy atom. The number of esters is 1. The third kappa shape index (κ3) is 2.90. The molecule has 1 aromatic carbocycles. The zero-order chi connectivity index (χ0) is 15.7. The highest BCUT2D eigenvalue weighted by atomic mass is 79.9. The standard InChI is InChI=1S/C15H15BrN2O3/c1-8-5-11(6-9(2)12(8)16)18-7-10(3)14(19)13(17-18)15(20)21-4/h5-7H,1-4H3. The largest absolute Gasteiger partial charge is 0.464 e. The van der Waals surface area contributed by atoms with Gasteiger partial charge in [-0.2, -0.15) is 5.10 Å². The number of halogens is 1. The molecule has 0 atom stereocenters. The number of rotatable bonds is 2. The van der Waals surface area contributed by atoms with Gasteiger partial charge in [0.05, 0.1) is 12.8 Å². The average Bonchev–Trinajstić information content (AvgIpc) is 2.46. The predicted octanol–water partition coefficient (Wildman–Crippen LogP) is 2.71. The van der Waals surface area contributed by atoms with Crippen LogP contribution in [0.1, 0.15) is 27.2 Å². The predicted molar refractivity (Wildman–Crippen MR) is 83.1 cm³/mol. The Morgan fingerprint density at radius 1 is 1.19 bits per heavy atom. The van der Waals surface area contributed by atoms with Crippen LogP contribution in [0.2, 0.25) is 0 Å². The van der Waals surface area contributed by atoms with Crippen LogP contribution in [0.25, 0.3) is 5.69 Å². The molecule has 2 rings (SSSR count). The van der Waals surface area contributed by atoms with Gasteiger partial charge in [-0.3, -0.25) is 4.79 Å². The Morgan fingerprint density at radius 3 is 2.29 bits per heavy atom. The summed E-state index contributed by atoms with van der Waals surface area (Å²) in [5.74, 6) is -0.733. The summed E-state index contributed by atoms with van der Waals surface area (Å²) in [6.07, 6.45) is 1.61. The van der Waals surface area contributed by atoms with Crippen molar-refractivity contribution >= 4 is 21.9 Å². The van der Waals surface area contributed by atoms with E-state index >= 15 is 0 Å². The fourth-order valence-electron chi connectivity index (χ4n) is 2.03. The molecule has 0 spiro atoms.